The van der Waals surface area contributed by atoms with Gasteiger partial charge in [0.2, 0.25) is 0 Å². The molecule has 22 heavy (non-hydrogen) atoms. The van der Waals surface area contributed by atoms with Crippen LogP contribution in [-0.4, -0.2) is 12.2 Å². The van der Waals surface area contributed by atoms with Gasteiger partial charge in [-0.15, -0.1) is 0 Å². The van der Waals surface area contributed by atoms with Crippen LogP contribution in [0, 0.1) is 5.82 Å². The molecule has 0 amide bonds. The molecule has 2 aromatic carbocycles. The molecule has 0 spiro atoms. The molecule has 2 N–H and O–H groups in total. The summed E-state index contributed by atoms with van der Waals surface area (Å²) in [5.74, 6) is -0.0660. The minimum Gasteiger partial charge on any atom is -0.494 e. The van der Waals surface area contributed by atoms with Gasteiger partial charge in [-0.05, 0) is 31.0 Å². The van der Waals surface area contributed by atoms with E-state index in [4.69, 9.17) is 4.74 Å². The lowest BCUT2D eigenvalue weighted by Gasteiger charge is -2.18. The maximum Gasteiger partial charge on any atom is 0.169 e. The fourth-order valence-corrected chi connectivity index (χ4v) is 2.22. The predicted molar refractivity (Wildman–Crippen MR) is 85.2 cm³/mol. The molecule has 118 valence electrons. The molecule has 0 saturated heterocycles. The largest absolute Gasteiger partial charge is 0.494 e. The third-order valence-corrected chi connectivity index (χ3v) is 3.57. The van der Waals surface area contributed by atoms with Crippen molar-refractivity contribution in [2.24, 2.45) is 0 Å². The highest BCUT2D eigenvalue weighted by Gasteiger charge is 2.15. The number of hydrogen-bond acceptors (Lipinski definition) is 3. The van der Waals surface area contributed by atoms with Gasteiger partial charge < -0.3 is 15.2 Å². The van der Waals surface area contributed by atoms with Crippen molar-refractivity contribution in [3.8, 4) is 5.75 Å². The van der Waals surface area contributed by atoms with Crippen LogP contribution in [0.15, 0.2) is 42.5 Å². The van der Waals surface area contributed by atoms with Crippen molar-refractivity contribution in [1.29, 1.82) is 0 Å². The van der Waals surface area contributed by atoms with Crippen molar-refractivity contribution in [2.45, 2.75) is 32.5 Å². The van der Waals surface area contributed by atoms with Crippen LogP contribution in [0.4, 0.5) is 4.39 Å². The molecule has 0 aliphatic carbocycles. The lowest BCUT2D eigenvalue weighted by molar-refractivity contribution is 0.0786. The first-order valence-electron chi connectivity index (χ1n) is 7.25. The Morgan fingerprint density at radius 1 is 1.09 bits per heavy atom. The summed E-state index contributed by atoms with van der Waals surface area (Å²) in [6.07, 6.45) is 0. The molecule has 0 fully saturated rings. The average molecular weight is 303 g/mol. The minimum absolute atomic E-state index is 0.258. The van der Waals surface area contributed by atoms with E-state index in [2.05, 4.69) is 5.32 Å². The molecule has 0 bridgehead atoms. The van der Waals surface area contributed by atoms with Crippen LogP contribution >= 0.6 is 0 Å². The Kier molecular flexibility index (Phi) is 5.16. The molecule has 0 aromatic heterocycles. The normalized spacial score (nSPS) is 11.5. The summed E-state index contributed by atoms with van der Waals surface area (Å²) in [6, 6.07) is 12.9. The van der Waals surface area contributed by atoms with Crippen LogP contribution in [0.2, 0.25) is 0 Å². The molecule has 2 aromatic rings. The fourth-order valence-electron chi connectivity index (χ4n) is 2.22. The van der Waals surface area contributed by atoms with E-state index in [9.17, 15) is 9.50 Å². The Hall–Kier alpha value is -1.91. The van der Waals surface area contributed by atoms with Gasteiger partial charge in [-0.25, -0.2) is 4.39 Å². The van der Waals surface area contributed by atoms with E-state index in [1.165, 1.54) is 7.11 Å². The summed E-state index contributed by atoms with van der Waals surface area (Å²) >= 11 is 0. The van der Waals surface area contributed by atoms with Crippen molar-refractivity contribution in [3.63, 3.8) is 0 Å². The number of hydrogen-bond donors (Lipinski definition) is 2. The molecule has 0 atom stereocenters. The van der Waals surface area contributed by atoms with Crippen molar-refractivity contribution in [2.75, 3.05) is 7.11 Å². The monoisotopic (exact) mass is 303 g/mol. The van der Waals surface area contributed by atoms with E-state index in [0.717, 1.165) is 11.1 Å². The van der Waals surface area contributed by atoms with E-state index in [0.29, 0.717) is 18.7 Å². The lowest BCUT2D eigenvalue weighted by Crippen LogP contribution is -2.16. The molecule has 0 saturated carbocycles. The molecular weight excluding hydrogens is 281 g/mol. The summed E-state index contributed by atoms with van der Waals surface area (Å²) in [5.41, 5.74) is 1.69. The van der Waals surface area contributed by atoms with Crippen molar-refractivity contribution in [3.05, 3.63) is 65.0 Å². The standard InChI is InChI=1S/C18H22FNO2/c1-18(2,21)15-9-7-13(8-10-15)11-20-12-14-5-4-6-16(22-3)17(14)19/h4-10,20-21H,11-12H2,1-3H3. The Labute approximate surface area is 130 Å². The smallest absolute Gasteiger partial charge is 0.169 e. The highest BCUT2D eigenvalue weighted by atomic mass is 19.1. The van der Waals surface area contributed by atoms with Crippen LogP contribution in [0.1, 0.15) is 30.5 Å². The zero-order valence-electron chi connectivity index (χ0n) is 13.2. The number of nitrogens with one attached hydrogen (secondary N) is 1. The molecule has 2 rings (SSSR count). The second-order valence-corrected chi connectivity index (χ2v) is 5.79. The van der Waals surface area contributed by atoms with Gasteiger partial charge in [0.15, 0.2) is 11.6 Å². The maximum atomic E-state index is 14.0. The maximum absolute atomic E-state index is 14.0. The first kappa shape index (κ1) is 16.5. The summed E-state index contributed by atoms with van der Waals surface area (Å²) in [7, 11) is 1.46. The molecular formula is C18H22FNO2. The third kappa shape index (κ3) is 4.06. The highest BCUT2D eigenvalue weighted by Crippen LogP contribution is 2.21. The fraction of sp³-hybridized carbons (Fsp3) is 0.333. The Bertz CT molecular complexity index is 618. The Balaban J connectivity index is 1.94. The topological polar surface area (TPSA) is 41.5 Å². The van der Waals surface area contributed by atoms with Gasteiger partial charge in [-0.1, -0.05) is 36.4 Å². The van der Waals surface area contributed by atoms with Crippen LogP contribution in [-0.2, 0) is 18.7 Å². The van der Waals surface area contributed by atoms with Crippen LogP contribution in [0.3, 0.4) is 0 Å². The van der Waals surface area contributed by atoms with Crippen LogP contribution < -0.4 is 10.1 Å². The molecule has 0 unspecified atom stereocenters. The first-order valence-corrected chi connectivity index (χ1v) is 7.25. The number of benzene rings is 2. The van der Waals surface area contributed by atoms with Gasteiger partial charge in [-0.2, -0.15) is 0 Å². The summed E-state index contributed by atoms with van der Waals surface area (Å²) in [4.78, 5) is 0. The molecule has 0 radical (unpaired) electrons. The van der Waals surface area contributed by atoms with Crippen molar-refractivity contribution in [1.82, 2.24) is 5.32 Å². The van der Waals surface area contributed by atoms with E-state index >= 15 is 0 Å². The van der Waals surface area contributed by atoms with E-state index in [-0.39, 0.29) is 11.6 Å². The Morgan fingerprint density at radius 3 is 2.36 bits per heavy atom. The second kappa shape index (κ2) is 6.90. The van der Waals surface area contributed by atoms with E-state index in [1.807, 2.05) is 24.3 Å². The first-order chi connectivity index (χ1) is 10.4. The molecule has 0 aliphatic heterocycles. The molecule has 0 aliphatic rings. The zero-order chi connectivity index (χ0) is 16.2. The van der Waals surface area contributed by atoms with Crippen molar-refractivity contribution >= 4 is 0 Å². The SMILES string of the molecule is COc1cccc(CNCc2ccc(C(C)(C)O)cc2)c1F. The van der Waals surface area contributed by atoms with Gasteiger partial charge >= 0.3 is 0 Å². The van der Waals surface area contributed by atoms with Crippen LogP contribution in [0.25, 0.3) is 0 Å². The van der Waals surface area contributed by atoms with Gasteiger partial charge in [0, 0.05) is 18.7 Å². The number of halogens is 1. The number of rotatable bonds is 6. The third-order valence-electron chi connectivity index (χ3n) is 3.57. The predicted octanol–water partition coefficient (Wildman–Crippen LogP) is 3.35. The molecule has 3 nitrogen and oxygen atoms in total. The number of ether oxygens (including phenoxy) is 1. The minimum atomic E-state index is -0.838. The Morgan fingerprint density at radius 2 is 1.77 bits per heavy atom. The van der Waals surface area contributed by atoms with E-state index < -0.39 is 5.60 Å². The van der Waals surface area contributed by atoms with E-state index in [1.54, 1.807) is 32.0 Å². The van der Waals surface area contributed by atoms with Crippen molar-refractivity contribution < 1.29 is 14.2 Å². The zero-order valence-corrected chi connectivity index (χ0v) is 13.2. The van der Waals surface area contributed by atoms with Crippen LogP contribution in [0.5, 0.6) is 5.75 Å². The van der Waals surface area contributed by atoms with Gasteiger partial charge in [0.05, 0.1) is 12.7 Å². The van der Waals surface area contributed by atoms with Gasteiger partial charge in [0.25, 0.3) is 0 Å². The highest BCUT2D eigenvalue weighted by molar-refractivity contribution is 5.31. The second-order valence-electron chi connectivity index (χ2n) is 5.79. The lowest BCUT2D eigenvalue weighted by atomic mass is 9.97. The molecule has 0 heterocycles. The molecule has 4 heteroatoms. The number of methoxy groups -OCH3 is 1. The van der Waals surface area contributed by atoms with Gasteiger partial charge in [-0.3, -0.25) is 0 Å². The van der Waals surface area contributed by atoms with Gasteiger partial charge in [0.1, 0.15) is 0 Å². The summed E-state index contributed by atoms with van der Waals surface area (Å²) in [5, 5.41) is 13.1. The summed E-state index contributed by atoms with van der Waals surface area (Å²) in [6.45, 7) is 4.57. The number of aliphatic hydroxyl groups is 1. The average Bonchev–Trinajstić information content (AvgIpc) is 2.48. The quantitative estimate of drug-likeness (QED) is 0.860. The summed E-state index contributed by atoms with van der Waals surface area (Å²) < 4.78 is 19.0.